The van der Waals surface area contributed by atoms with Crippen LogP contribution in [-0.4, -0.2) is 25.1 Å². The van der Waals surface area contributed by atoms with E-state index in [0.717, 1.165) is 5.56 Å². The van der Waals surface area contributed by atoms with Crippen molar-refractivity contribution in [2.75, 3.05) is 13.3 Å². The first-order valence-electron chi connectivity index (χ1n) is 7.54. The van der Waals surface area contributed by atoms with Gasteiger partial charge in [-0.1, -0.05) is 44.2 Å². The molecule has 0 aliphatic heterocycles. The lowest BCUT2D eigenvalue weighted by Gasteiger charge is -2.26. The van der Waals surface area contributed by atoms with Crippen LogP contribution in [0.15, 0.2) is 30.3 Å². The molecule has 5 nitrogen and oxygen atoms in total. The van der Waals surface area contributed by atoms with Crippen LogP contribution in [0, 0.1) is 5.92 Å². The van der Waals surface area contributed by atoms with Crippen molar-refractivity contribution in [1.82, 2.24) is 5.32 Å². The second-order valence-corrected chi connectivity index (χ2v) is 8.38. The second-order valence-electron chi connectivity index (χ2n) is 5.68. The quantitative estimate of drug-likeness (QED) is 0.726. The molecule has 0 heterocycles. The van der Waals surface area contributed by atoms with Crippen LogP contribution in [0.1, 0.15) is 32.8 Å². The summed E-state index contributed by atoms with van der Waals surface area (Å²) < 4.78 is 23.1. The van der Waals surface area contributed by atoms with Crippen molar-refractivity contribution < 1.29 is 18.6 Å². The topological polar surface area (TPSA) is 64.6 Å². The average Bonchev–Trinajstić information content (AvgIpc) is 2.45. The van der Waals surface area contributed by atoms with Crippen LogP contribution >= 0.6 is 7.37 Å². The Labute approximate surface area is 132 Å². The van der Waals surface area contributed by atoms with Crippen molar-refractivity contribution in [3.05, 3.63) is 35.9 Å². The van der Waals surface area contributed by atoms with Crippen molar-refractivity contribution in [3.63, 3.8) is 0 Å². The molecule has 1 aromatic rings. The van der Waals surface area contributed by atoms with Gasteiger partial charge in [0.25, 0.3) is 0 Å². The molecule has 1 N–H and O–H groups in total. The second kappa shape index (κ2) is 8.96. The van der Waals surface area contributed by atoms with Crippen molar-refractivity contribution >= 4 is 13.5 Å². The third kappa shape index (κ3) is 6.63. The van der Waals surface area contributed by atoms with Crippen molar-refractivity contribution in [1.29, 1.82) is 0 Å². The highest BCUT2D eigenvalue weighted by Gasteiger charge is 2.31. The van der Waals surface area contributed by atoms with Crippen molar-refractivity contribution in [3.8, 4) is 0 Å². The highest BCUT2D eigenvalue weighted by molar-refractivity contribution is 7.58. The number of nitrogens with one attached hydrogen (secondary N) is 1. The number of carbonyl (C=O) groups excluding carboxylic acids is 1. The lowest BCUT2D eigenvalue weighted by atomic mass is 10.1. The molecule has 0 saturated carbocycles. The highest BCUT2D eigenvalue weighted by Crippen LogP contribution is 2.48. The monoisotopic (exact) mass is 327 g/mol. The molecule has 0 saturated heterocycles. The van der Waals surface area contributed by atoms with Gasteiger partial charge in [-0.15, -0.1) is 0 Å². The highest BCUT2D eigenvalue weighted by atomic mass is 31.2. The van der Waals surface area contributed by atoms with Crippen LogP contribution in [0.25, 0.3) is 0 Å². The Bertz CT molecular complexity index is 504. The van der Waals surface area contributed by atoms with Crippen LogP contribution in [0.3, 0.4) is 0 Å². The van der Waals surface area contributed by atoms with E-state index < -0.39 is 19.2 Å². The third-order valence-electron chi connectivity index (χ3n) is 3.14. The Morgan fingerprint density at radius 3 is 2.45 bits per heavy atom. The molecule has 1 aromatic carbocycles. The molecular formula is C16H26NO4P. The van der Waals surface area contributed by atoms with Gasteiger partial charge in [0.1, 0.15) is 12.4 Å². The molecule has 0 radical (unpaired) electrons. The van der Waals surface area contributed by atoms with E-state index in [1.807, 2.05) is 44.2 Å². The summed E-state index contributed by atoms with van der Waals surface area (Å²) in [5.74, 6) is -0.246. The zero-order chi connectivity index (χ0) is 16.6. The Hall–Kier alpha value is -1.32. The zero-order valence-corrected chi connectivity index (χ0v) is 14.6. The van der Waals surface area contributed by atoms with Crippen LogP contribution in [0.4, 0.5) is 4.79 Å². The van der Waals surface area contributed by atoms with Gasteiger partial charge in [0.15, 0.2) is 0 Å². The van der Waals surface area contributed by atoms with Crippen LogP contribution < -0.4 is 5.32 Å². The van der Waals surface area contributed by atoms with E-state index in [4.69, 9.17) is 9.26 Å². The lowest BCUT2D eigenvalue weighted by molar-refractivity contribution is 0.136. The Kier molecular flexibility index (Phi) is 7.63. The van der Waals surface area contributed by atoms with E-state index >= 15 is 0 Å². The summed E-state index contributed by atoms with van der Waals surface area (Å²) >= 11 is 0. The predicted octanol–water partition coefficient (Wildman–Crippen LogP) is 4.23. The van der Waals surface area contributed by atoms with Gasteiger partial charge in [-0.2, -0.15) is 0 Å². The average molecular weight is 327 g/mol. The normalized spacial score (nSPS) is 15.1. The molecule has 0 aliphatic carbocycles. The van der Waals surface area contributed by atoms with E-state index in [0.29, 0.717) is 13.0 Å². The smallest absolute Gasteiger partial charge is 0.408 e. The maximum absolute atomic E-state index is 12.6. The van der Waals surface area contributed by atoms with Gasteiger partial charge in [0.05, 0.1) is 6.61 Å². The van der Waals surface area contributed by atoms with Gasteiger partial charge in [-0.25, -0.2) is 4.79 Å². The van der Waals surface area contributed by atoms with Gasteiger partial charge < -0.3 is 14.6 Å². The fourth-order valence-electron chi connectivity index (χ4n) is 2.06. The number of rotatable bonds is 8. The fraction of sp³-hybridized carbons (Fsp3) is 0.562. The number of alkyl carbamates (subject to hydrolysis) is 1. The maximum atomic E-state index is 12.6. The molecule has 2 atom stereocenters. The Balaban J connectivity index is 2.61. The minimum absolute atomic E-state index is 0.184. The SMILES string of the molecule is CCOP(C)(=O)C(CC(C)C)NC(=O)OCc1ccccc1. The first-order valence-corrected chi connectivity index (χ1v) is 9.68. The van der Waals surface area contributed by atoms with Gasteiger partial charge in [0, 0.05) is 6.66 Å². The number of benzene rings is 1. The number of ether oxygens (including phenoxy) is 1. The fourth-order valence-corrected chi connectivity index (χ4v) is 3.90. The van der Waals surface area contributed by atoms with Crippen LogP contribution in [-0.2, 0) is 20.4 Å². The summed E-state index contributed by atoms with van der Waals surface area (Å²) in [7, 11) is -2.92. The van der Waals surface area contributed by atoms with E-state index in [1.54, 1.807) is 13.6 Å². The van der Waals surface area contributed by atoms with Crippen LogP contribution in [0.2, 0.25) is 0 Å². The summed E-state index contributed by atoms with van der Waals surface area (Å²) in [6.07, 6.45) is 0.00471. The summed E-state index contributed by atoms with van der Waals surface area (Å²) in [4.78, 5) is 11.9. The molecule has 0 bridgehead atoms. The number of amides is 1. The van der Waals surface area contributed by atoms with E-state index in [1.165, 1.54) is 0 Å². The molecule has 1 rings (SSSR count). The van der Waals surface area contributed by atoms with Gasteiger partial charge in [0.2, 0.25) is 7.37 Å². The molecule has 124 valence electrons. The van der Waals surface area contributed by atoms with Gasteiger partial charge >= 0.3 is 6.09 Å². The lowest BCUT2D eigenvalue weighted by Crippen LogP contribution is -2.36. The van der Waals surface area contributed by atoms with Crippen molar-refractivity contribution in [2.45, 2.75) is 39.6 Å². The molecule has 0 spiro atoms. The molecule has 2 unspecified atom stereocenters. The largest absolute Gasteiger partial charge is 0.445 e. The molecular weight excluding hydrogens is 301 g/mol. The zero-order valence-electron chi connectivity index (χ0n) is 13.7. The predicted molar refractivity (Wildman–Crippen MR) is 88.2 cm³/mol. The molecule has 6 heteroatoms. The maximum Gasteiger partial charge on any atom is 0.408 e. The van der Waals surface area contributed by atoms with Gasteiger partial charge in [-0.3, -0.25) is 4.57 Å². The summed E-state index contributed by atoms with van der Waals surface area (Å²) in [6.45, 7) is 7.90. The summed E-state index contributed by atoms with van der Waals surface area (Å²) in [5.41, 5.74) is 0.905. The Morgan fingerprint density at radius 1 is 1.27 bits per heavy atom. The molecule has 1 amide bonds. The minimum Gasteiger partial charge on any atom is -0.445 e. The first-order chi connectivity index (χ1) is 10.3. The molecule has 0 fully saturated rings. The number of hydrogen-bond acceptors (Lipinski definition) is 4. The Morgan fingerprint density at radius 2 is 1.91 bits per heavy atom. The summed E-state index contributed by atoms with van der Waals surface area (Å²) in [6, 6.07) is 9.42. The third-order valence-corrected chi connectivity index (χ3v) is 5.39. The van der Waals surface area contributed by atoms with E-state index in [9.17, 15) is 9.36 Å². The van der Waals surface area contributed by atoms with Gasteiger partial charge in [-0.05, 0) is 24.8 Å². The summed E-state index contributed by atoms with van der Waals surface area (Å²) in [5, 5.41) is 2.69. The first kappa shape index (κ1) is 18.7. The minimum atomic E-state index is -2.92. The van der Waals surface area contributed by atoms with Crippen molar-refractivity contribution in [2.24, 2.45) is 5.92 Å². The van der Waals surface area contributed by atoms with Crippen LogP contribution in [0.5, 0.6) is 0 Å². The molecule has 0 aliphatic rings. The number of hydrogen-bond donors (Lipinski definition) is 1. The van der Waals surface area contributed by atoms with E-state index in [2.05, 4.69) is 5.32 Å². The standard InChI is InChI=1S/C16H26NO4P/c1-5-21-22(4,19)15(11-13(2)3)17-16(18)20-12-14-9-7-6-8-10-14/h6-10,13,15H,5,11-12H2,1-4H3,(H,17,18). The van der Waals surface area contributed by atoms with E-state index in [-0.39, 0.29) is 12.5 Å². The molecule has 22 heavy (non-hydrogen) atoms. The number of carbonyl (C=O) groups is 1. The molecule has 0 aromatic heterocycles.